The van der Waals surface area contributed by atoms with Crippen LogP contribution in [0.3, 0.4) is 0 Å². The summed E-state index contributed by atoms with van der Waals surface area (Å²) in [5.41, 5.74) is 3.47. The standard InChI is InChI=1S/C21H22N6O/c1-15(2)12-25(3)21(28)19-8-9-24-27(19)20-7-6-18-5-4-16(13-26(18)20)17-10-22-14-23-11-17/h4-11,13-15H,12H2,1-3H3. The molecule has 0 unspecified atom stereocenters. The van der Waals surface area contributed by atoms with Crippen LogP contribution in [0.2, 0.25) is 0 Å². The van der Waals surface area contributed by atoms with Gasteiger partial charge in [0.1, 0.15) is 17.8 Å². The number of carbonyl (C=O) groups excluding carboxylic acids is 1. The third-order valence-electron chi connectivity index (χ3n) is 4.59. The number of hydrogen-bond acceptors (Lipinski definition) is 4. The molecule has 4 aromatic rings. The Morgan fingerprint density at radius 3 is 2.57 bits per heavy atom. The minimum absolute atomic E-state index is 0.0474. The maximum atomic E-state index is 12.9. The number of nitrogens with zero attached hydrogens (tertiary/aromatic N) is 6. The molecule has 0 aromatic carbocycles. The van der Waals surface area contributed by atoms with Gasteiger partial charge in [-0.3, -0.25) is 4.79 Å². The van der Waals surface area contributed by atoms with Crippen LogP contribution in [0.1, 0.15) is 24.3 Å². The fraction of sp³-hybridized carbons (Fsp3) is 0.238. The molecular weight excluding hydrogens is 352 g/mol. The molecule has 0 saturated heterocycles. The highest BCUT2D eigenvalue weighted by atomic mass is 16.2. The summed E-state index contributed by atoms with van der Waals surface area (Å²) in [5.74, 6) is 1.16. The van der Waals surface area contributed by atoms with Crippen molar-refractivity contribution in [2.75, 3.05) is 13.6 Å². The summed E-state index contributed by atoms with van der Waals surface area (Å²) in [6.07, 6.45) is 8.74. The van der Waals surface area contributed by atoms with Crippen LogP contribution < -0.4 is 0 Å². The van der Waals surface area contributed by atoms with Gasteiger partial charge in [-0.05, 0) is 30.2 Å². The minimum Gasteiger partial charge on any atom is -0.340 e. The topological polar surface area (TPSA) is 68.3 Å². The molecule has 4 aromatic heterocycles. The van der Waals surface area contributed by atoms with E-state index in [0.717, 1.165) is 22.5 Å². The van der Waals surface area contributed by atoms with Crippen LogP contribution in [0.5, 0.6) is 0 Å². The minimum atomic E-state index is -0.0474. The highest BCUT2D eigenvalue weighted by Gasteiger charge is 2.19. The van der Waals surface area contributed by atoms with Gasteiger partial charge in [-0.1, -0.05) is 19.9 Å². The van der Waals surface area contributed by atoms with Gasteiger partial charge in [-0.25, -0.2) is 14.6 Å². The van der Waals surface area contributed by atoms with Gasteiger partial charge in [0.25, 0.3) is 5.91 Å². The van der Waals surface area contributed by atoms with Crippen LogP contribution in [0.4, 0.5) is 0 Å². The summed E-state index contributed by atoms with van der Waals surface area (Å²) in [7, 11) is 1.82. The van der Waals surface area contributed by atoms with Crippen molar-refractivity contribution >= 4 is 11.4 Å². The van der Waals surface area contributed by atoms with Gasteiger partial charge < -0.3 is 9.30 Å². The number of carbonyl (C=O) groups is 1. The van der Waals surface area contributed by atoms with Crippen LogP contribution in [0.15, 0.2) is 61.4 Å². The van der Waals surface area contributed by atoms with Gasteiger partial charge in [-0.2, -0.15) is 5.10 Å². The van der Waals surface area contributed by atoms with Crippen LogP contribution in [0.25, 0.3) is 22.5 Å². The first kappa shape index (κ1) is 17.9. The molecular formula is C21H22N6O. The van der Waals surface area contributed by atoms with Crippen molar-refractivity contribution in [3.05, 3.63) is 67.1 Å². The highest BCUT2D eigenvalue weighted by Crippen LogP contribution is 2.22. The zero-order valence-electron chi connectivity index (χ0n) is 16.1. The molecule has 4 rings (SSSR count). The maximum Gasteiger partial charge on any atom is 0.272 e. The monoisotopic (exact) mass is 374 g/mol. The number of rotatable bonds is 5. The summed E-state index contributed by atoms with van der Waals surface area (Å²) < 4.78 is 3.71. The van der Waals surface area contributed by atoms with E-state index in [2.05, 4.69) is 28.9 Å². The number of fused-ring (bicyclic) bond motifs is 1. The molecule has 142 valence electrons. The van der Waals surface area contributed by atoms with E-state index in [1.54, 1.807) is 34.2 Å². The largest absolute Gasteiger partial charge is 0.340 e. The predicted octanol–water partition coefficient (Wildman–Crippen LogP) is 3.31. The Bertz CT molecular complexity index is 1110. The van der Waals surface area contributed by atoms with Crippen molar-refractivity contribution in [2.45, 2.75) is 13.8 Å². The van der Waals surface area contributed by atoms with E-state index in [1.807, 2.05) is 41.9 Å². The first-order valence-corrected chi connectivity index (χ1v) is 9.21. The summed E-state index contributed by atoms with van der Waals surface area (Å²) in [4.78, 5) is 22.8. The van der Waals surface area contributed by atoms with Crippen LogP contribution in [-0.4, -0.2) is 48.5 Å². The number of amides is 1. The highest BCUT2D eigenvalue weighted by molar-refractivity contribution is 5.93. The van der Waals surface area contributed by atoms with Gasteiger partial charge in [0.2, 0.25) is 0 Å². The average Bonchev–Trinajstić information content (AvgIpc) is 3.33. The predicted molar refractivity (Wildman–Crippen MR) is 107 cm³/mol. The van der Waals surface area contributed by atoms with E-state index < -0.39 is 0 Å². The SMILES string of the molecule is CC(C)CN(C)C(=O)c1ccnn1-c1ccc2ccc(-c3cncnc3)cn12. The molecule has 7 heteroatoms. The van der Waals surface area contributed by atoms with Gasteiger partial charge in [-0.15, -0.1) is 0 Å². The lowest BCUT2D eigenvalue weighted by Crippen LogP contribution is -2.31. The third-order valence-corrected chi connectivity index (χ3v) is 4.59. The van der Waals surface area contributed by atoms with Gasteiger partial charge in [0, 0.05) is 48.8 Å². The molecule has 7 nitrogen and oxygen atoms in total. The molecule has 0 spiro atoms. The fourth-order valence-electron chi connectivity index (χ4n) is 3.35. The molecule has 0 fully saturated rings. The second kappa shape index (κ2) is 7.26. The Hall–Kier alpha value is -3.48. The molecule has 4 heterocycles. The van der Waals surface area contributed by atoms with Crippen LogP contribution in [-0.2, 0) is 0 Å². The van der Waals surface area contributed by atoms with Crippen molar-refractivity contribution in [3.63, 3.8) is 0 Å². The quantitative estimate of drug-likeness (QED) is 0.537. The lowest BCUT2D eigenvalue weighted by molar-refractivity contribution is 0.0770. The second-order valence-corrected chi connectivity index (χ2v) is 7.24. The smallest absolute Gasteiger partial charge is 0.272 e. The van der Waals surface area contributed by atoms with E-state index in [9.17, 15) is 4.79 Å². The van der Waals surface area contributed by atoms with Crippen LogP contribution >= 0.6 is 0 Å². The van der Waals surface area contributed by atoms with E-state index >= 15 is 0 Å². The Labute approximate surface area is 163 Å². The third kappa shape index (κ3) is 3.26. The normalized spacial score (nSPS) is 11.3. The zero-order valence-corrected chi connectivity index (χ0v) is 16.1. The van der Waals surface area contributed by atoms with Crippen LogP contribution in [0, 0.1) is 5.92 Å². The Kier molecular flexibility index (Phi) is 4.65. The first-order chi connectivity index (χ1) is 13.5. The maximum absolute atomic E-state index is 12.9. The molecule has 0 N–H and O–H groups in total. The number of pyridine rings is 1. The Balaban J connectivity index is 1.77. The first-order valence-electron chi connectivity index (χ1n) is 9.21. The summed E-state index contributed by atoms with van der Waals surface area (Å²) >= 11 is 0. The molecule has 0 aliphatic carbocycles. The fourth-order valence-corrected chi connectivity index (χ4v) is 3.35. The van der Waals surface area contributed by atoms with E-state index in [4.69, 9.17) is 0 Å². The van der Waals surface area contributed by atoms with Crippen molar-refractivity contribution in [1.82, 2.24) is 29.0 Å². The number of hydrogen-bond donors (Lipinski definition) is 0. The summed E-state index contributed by atoms with van der Waals surface area (Å²) in [6.45, 7) is 4.88. The molecule has 0 bridgehead atoms. The second-order valence-electron chi connectivity index (χ2n) is 7.24. The molecule has 28 heavy (non-hydrogen) atoms. The van der Waals surface area contributed by atoms with E-state index in [0.29, 0.717) is 18.2 Å². The Morgan fingerprint density at radius 1 is 1.07 bits per heavy atom. The molecule has 1 amide bonds. The lowest BCUT2D eigenvalue weighted by atomic mass is 10.1. The number of aromatic nitrogens is 5. The lowest BCUT2D eigenvalue weighted by Gasteiger charge is -2.19. The van der Waals surface area contributed by atoms with Gasteiger partial charge in [0.15, 0.2) is 0 Å². The van der Waals surface area contributed by atoms with E-state index in [1.165, 1.54) is 6.33 Å². The van der Waals surface area contributed by atoms with Gasteiger partial charge >= 0.3 is 0 Å². The van der Waals surface area contributed by atoms with E-state index in [-0.39, 0.29) is 5.91 Å². The molecule has 0 radical (unpaired) electrons. The molecule has 0 aliphatic rings. The molecule has 0 saturated carbocycles. The summed E-state index contributed by atoms with van der Waals surface area (Å²) in [5, 5.41) is 4.42. The zero-order chi connectivity index (χ0) is 19.7. The average molecular weight is 374 g/mol. The van der Waals surface area contributed by atoms with Crippen molar-refractivity contribution in [2.24, 2.45) is 5.92 Å². The van der Waals surface area contributed by atoms with Crippen molar-refractivity contribution < 1.29 is 4.79 Å². The van der Waals surface area contributed by atoms with Gasteiger partial charge in [0.05, 0.1) is 6.20 Å². The molecule has 0 aliphatic heterocycles. The summed E-state index contributed by atoms with van der Waals surface area (Å²) in [6, 6.07) is 9.79. The Morgan fingerprint density at radius 2 is 1.82 bits per heavy atom. The molecule has 0 atom stereocenters. The van der Waals surface area contributed by atoms with Crippen molar-refractivity contribution in [3.8, 4) is 16.9 Å². The van der Waals surface area contributed by atoms with Crippen molar-refractivity contribution in [1.29, 1.82) is 0 Å².